The Morgan fingerprint density at radius 1 is 1.19 bits per heavy atom. The van der Waals surface area contributed by atoms with E-state index in [0.717, 1.165) is 22.4 Å². The zero-order chi connectivity index (χ0) is 26.5. The lowest BCUT2D eigenvalue weighted by Gasteiger charge is -2.31. The molecular formula is C27H29ClFN7O. The first-order valence-electron chi connectivity index (χ1n) is 11.9. The number of guanidine groups is 1. The van der Waals surface area contributed by atoms with Crippen LogP contribution >= 0.6 is 11.6 Å². The van der Waals surface area contributed by atoms with Crippen LogP contribution in [0.5, 0.6) is 0 Å². The Morgan fingerprint density at radius 2 is 1.97 bits per heavy atom. The van der Waals surface area contributed by atoms with E-state index >= 15 is 0 Å². The standard InChI is InChI=1S/C27H29ClFN7O/c1-15-6-7-18(19(28)10-15)22-11-16(2)35(13-17-12-31-36(14-17)27(3,4)5)25(32-22)34-26-33-21-9-8-20(29)23(30)24(21)37-26/h6-12,14,22H,13,30H2,1-5H3,(H,32,33,34). The molecule has 10 heteroatoms. The molecule has 3 N–H and O–H groups in total. The normalized spacial score (nSPS) is 16.2. The van der Waals surface area contributed by atoms with Crippen molar-refractivity contribution in [3.05, 3.63) is 82.0 Å². The fourth-order valence-corrected chi connectivity index (χ4v) is 4.53. The molecular weight excluding hydrogens is 493 g/mol. The van der Waals surface area contributed by atoms with Gasteiger partial charge >= 0.3 is 6.01 Å². The monoisotopic (exact) mass is 521 g/mol. The van der Waals surface area contributed by atoms with Crippen molar-refractivity contribution < 1.29 is 8.81 Å². The number of aryl methyl sites for hydroxylation is 1. The molecule has 37 heavy (non-hydrogen) atoms. The Kier molecular flexibility index (Phi) is 6.19. The molecule has 0 saturated heterocycles. The van der Waals surface area contributed by atoms with Crippen molar-refractivity contribution in [1.29, 1.82) is 0 Å². The van der Waals surface area contributed by atoms with Crippen LogP contribution in [-0.2, 0) is 12.1 Å². The van der Waals surface area contributed by atoms with Gasteiger partial charge in [0.2, 0.25) is 5.96 Å². The van der Waals surface area contributed by atoms with E-state index in [1.807, 2.05) is 54.0 Å². The van der Waals surface area contributed by atoms with Gasteiger partial charge in [0.15, 0.2) is 5.58 Å². The summed E-state index contributed by atoms with van der Waals surface area (Å²) in [4.78, 5) is 11.4. The first kappa shape index (κ1) is 24.8. The molecule has 0 saturated carbocycles. The molecule has 1 aliphatic rings. The number of aliphatic imine (C=N–C) groups is 1. The molecule has 3 heterocycles. The highest BCUT2D eigenvalue weighted by molar-refractivity contribution is 6.31. The number of rotatable bonds is 4. The van der Waals surface area contributed by atoms with Crippen molar-refractivity contribution in [3.8, 4) is 0 Å². The third-order valence-electron chi connectivity index (χ3n) is 6.24. The second-order valence-corrected chi connectivity index (χ2v) is 10.6. The summed E-state index contributed by atoms with van der Waals surface area (Å²) in [6.45, 7) is 10.8. The molecule has 1 atom stereocenters. The summed E-state index contributed by atoms with van der Waals surface area (Å²) < 4.78 is 21.7. The summed E-state index contributed by atoms with van der Waals surface area (Å²) in [5.74, 6) is -0.0497. The average molecular weight is 522 g/mol. The van der Waals surface area contributed by atoms with Crippen molar-refractivity contribution in [1.82, 2.24) is 19.7 Å². The first-order chi connectivity index (χ1) is 17.5. The molecule has 0 bridgehead atoms. The number of allylic oxidation sites excluding steroid dienone is 1. The maximum Gasteiger partial charge on any atom is 0.302 e. The predicted octanol–water partition coefficient (Wildman–Crippen LogP) is 6.39. The first-order valence-corrected chi connectivity index (χ1v) is 12.3. The highest BCUT2D eigenvalue weighted by Gasteiger charge is 2.26. The molecule has 2 aromatic heterocycles. The molecule has 4 aromatic rings. The summed E-state index contributed by atoms with van der Waals surface area (Å²) in [7, 11) is 0. The maximum absolute atomic E-state index is 14.0. The van der Waals surface area contributed by atoms with Gasteiger partial charge in [-0.25, -0.2) is 9.38 Å². The summed E-state index contributed by atoms with van der Waals surface area (Å²) in [6, 6.07) is 8.55. The lowest BCUT2D eigenvalue weighted by atomic mass is 10.0. The second kappa shape index (κ2) is 9.23. The van der Waals surface area contributed by atoms with Crippen molar-refractivity contribution in [2.24, 2.45) is 4.99 Å². The third-order valence-corrected chi connectivity index (χ3v) is 6.57. The van der Waals surface area contributed by atoms with Crippen molar-refractivity contribution in [2.75, 3.05) is 11.1 Å². The minimum Gasteiger partial charge on any atom is -0.421 e. The minimum atomic E-state index is -0.560. The van der Waals surface area contributed by atoms with Crippen LogP contribution in [0.3, 0.4) is 0 Å². The number of aromatic nitrogens is 3. The third kappa shape index (κ3) is 4.91. The number of nitrogens with one attached hydrogen (secondary N) is 1. The Bertz CT molecular complexity index is 1550. The van der Waals surface area contributed by atoms with Crippen LogP contribution in [0.1, 0.15) is 50.4 Å². The van der Waals surface area contributed by atoms with Crippen LogP contribution in [0.25, 0.3) is 11.1 Å². The van der Waals surface area contributed by atoms with E-state index < -0.39 is 5.82 Å². The fraction of sp³-hybridized carbons (Fsp3) is 0.296. The molecule has 2 aromatic carbocycles. The van der Waals surface area contributed by atoms with Gasteiger partial charge in [-0.3, -0.25) is 10.00 Å². The molecule has 192 valence electrons. The number of anilines is 2. The number of benzene rings is 2. The van der Waals surface area contributed by atoms with E-state index in [-0.39, 0.29) is 28.9 Å². The summed E-state index contributed by atoms with van der Waals surface area (Å²) in [5.41, 5.74) is 10.2. The predicted molar refractivity (Wildman–Crippen MR) is 145 cm³/mol. The van der Waals surface area contributed by atoms with Crippen LogP contribution in [0.4, 0.5) is 16.1 Å². The molecule has 1 aliphatic heterocycles. The highest BCUT2D eigenvalue weighted by Crippen LogP contribution is 2.34. The summed E-state index contributed by atoms with van der Waals surface area (Å²) in [5, 5.41) is 8.36. The minimum absolute atomic E-state index is 0.0875. The number of nitrogens with two attached hydrogens (primary N) is 1. The SMILES string of the molecule is CC1=CC(c2ccc(C)cc2Cl)N=C(Nc2nc3ccc(F)c(N)c3o2)N1Cc1cnn(C(C)(C)C)c1. The van der Waals surface area contributed by atoms with Gasteiger partial charge in [-0.15, -0.1) is 0 Å². The van der Waals surface area contributed by atoms with Gasteiger partial charge in [0, 0.05) is 22.5 Å². The van der Waals surface area contributed by atoms with Gasteiger partial charge in [0.1, 0.15) is 23.1 Å². The second-order valence-electron chi connectivity index (χ2n) is 10.2. The molecule has 0 aliphatic carbocycles. The zero-order valence-corrected chi connectivity index (χ0v) is 22.1. The lowest BCUT2D eigenvalue weighted by Crippen LogP contribution is -2.37. The maximum atomic E-state index is 14.0. The average Bonchev–Trinajstić information content (AvgIpc) is 3.46. The zero-order valence-electron chi connectivity index (χ0n) is 21.4. The number of nitrogen functional groups attached to an aromatic ring is 1. The molecule has 5 rings (SSSR count). The Balaban J connectivity index is 1.53. The Hall–Kier alpha value is -3.85. The largest absolute Gasteiger partial charge is 0.421 e. The van der Waals surface area contributed by atoms with Crippen LogP contribution in [0, 0.1) is 12.7 Å². The number of oxazole rings is 1. The number of hydrogen-bond acceptors (Lipinski definition) is 7. The van der Waals surface area contributed by atoms with E-state index in [4.69, 9.17) is 26.7 Å². The number of nitrogens with zero attached hydrogens (tertiary/aromatic N) is 5. The lowest BCUT2D eigenvalue weighted by molar-refractivity contribution is 0.355. The molecule has 1 unspecified atom stereocenters. The van der Waals surface area contributed by atoms with Crippen LogP contribution in [0.2, 0.25) is 5.02 Å². The molecule has 0 amide bonds. The molecule has 0 spiro atoms. The molecule has 0 radical (unpaired) electrons. The van der Waals surface area contributed by atoms with E-state index in [9.17, 15) is 4.39 Å². The smallest absolute Gasteiger partial charge is 0.302 e. The summed E-state index contributed by atoms with van der Waals surface area (Å²) in [6.07, 6.45) is 5.94. The van der Waals surface area contributed by atoms with E-state index in [1.54, 1.807) is 0 Å². The fourth-order valence-electron chi connectivity index (χ4n) is 4.18. The van der Waals surface area contributed by atoms with Gasteiger partial charge in [0.05, 0.1) is 18.3 Å². The van der Waals surface area contributed by atoms with Gasteiger partial charge in [0.25, 0.3) is 0 Å². The van der Waals surface area contributed by atoms with Crippen molar-refractivity contribution >= 4 is 40.4 Å². The van der Waals surface area contributed by atoms with Gasteiger partial charge in [-0.1, -0.05) is 23.7 Å². The molecule has 8 nitrogen and oxygen atoms in total. The topological polar surface area (TPSA) is 97.5 Å². The van der Waals surface area contributed by atoms with E-state index in [0.29, 0.717) is 23.0 Å². The van der Waals surface area contributed by atoms with Gasteiger partial charge < -0.3 is 15.1 Å². The van der Waals surface area contributed by atoms with Crippen LogP contribution in [-0.4, -0.2) is 25.6 Å². The van der Waals surface area contributed by atoms with E-state index in [2.05, 4.69) is 42.2 Å². The number of hydrogen-bond donors (Lipinski definition) is 2. The van der Waals surface area contributed by atoms with Crippen molar-refractivity contribution in [3.63, 3.8) is 0 Å². The Morgan fingerprint density at radius 3 is 2.68 bits per heavy atom. The van der Waals surface area contributed by atoms with Crippen LogP contribution in [0.15, 0.2) is 63.9 Å². The van der Waals surface area contributed by atoms with Gasteiger partial charge in [-0.05, 0) is 70.0 Å². The van der Waals surface area contributed by atoms with E-state index in [1.165, 1.54) is 12.1 Å². The van der Waals surface area contributed by atoms with Crippen LogP contribution < -0.4 is 11.1 Å². The number of halogens is 2. The summed E-state index contributed by atoms with van der Waals surface area (Å²) >= 11 is 6.59. The molecule has 0 fully saturated rings. The number of fused-ring (bicyclic) bond motifs is 1. The Labute approximate surface area is 219 Å². The van der Waals surface area contributed by atoms with Crippen molar-refractivity contribution in [2.45, 2.75) is 52.7 Å². The highest BCUT2D eigenvalue weighted by atomic mass is 35.5. The van der Waals surface area contributed by atoms with Gasteiger partial charge in [-0.2, -0.15) is 10.1 Å². The quantitative estimate of drug-likeness (QED) is 0.302.